The summed E-state index contributed by atoms with van der Waals surface area (Å²) >= 11 is 0. The summed E-state index contributed by atoms with van der Waals surface area (Å²) in [5.41, 5.74) is 12.1. The summed E-state index contributed by atoms with van der Waals surface area (Å²) in [6.45, 7) is 1.11. The van der Waals surface area contributed by atoms with E-state index in [0.29, 0.717) is 13.2 Å². The van der Waals surface area contributed by atoms with Gasteiger partial charge in [0.05, 0.1) is 26.4 Å². The van der Waals surface area contributed by atoms with Gasteiger partial charge in [0, 0.05) is 4.91 Å². The predicted molar refractivity (Wildman–Crippen MR) is 130 cm³/mol. The average Bonchev–Trinajstić information content (AvgIpc) is 2.90. The lowest BCUT2D eigenvalue weighted by atomic mass is 9.96. The molecule has 1 aliphatic rings. The summed E-state index contributed by atoms with van der Waals surface area (Å²) in [6.07, 6.45) is -3.38. The summed E-state index contributed by atoms with van der Waals surface area (Å²) in [5.74, 6) is 0. The summed E-state index contributed by atoms with van der Waals surface area (Å²) in [5, 5.41) is 14.5. The van der Waals surface area contributed by atoms with Crippen molar-refractivity contribution in [3.63, 3.8) is 0 Å². The smallest absolute Gasteiger partial charge is 0.166 e. The molecule has 3 aromatic carbocycles. The third kappa shape index (κ3) is 7.13. The van der Waals surface area contributed by atoms with E-state index in [4.69, 9.17) is 24.5 Å². The van der Waals surface area contributed by atoms with Gasteiger partial charge in [0.2, 0.25) is 0 Å². The summed E-state index contributed by atoms with van der Waals surface area (Å²) in [7, 11) is 0. The molecule has 4 rings (SSSR count). The molecule has 1 N–H and O–H groups in total. The number of hydrogen-bond acceptors (Lipinski definition) is 6. The van der Waals surface area contributed by atoms with E-state index in [1.165, 1.54) is 0 Å². The largest absolute Gasteiger partial charge is 0.374 e. The number of ether oxygens (including phenoxy) is 4. The highest BCUT2D eigenvalue weighted by atomic mass is 16.7. The molecule has 8 heteroatoms. The molecule has 0 aliphatic carbocycles. The average molecular weight is 476 g/mol. The van der Waals surface area contributed by atoms with Gasteiger partial charge in [0.25, 0.3) is 0 Å². The van der Waals surface area contributed by atoms with Gasteiger partial charge in [-0.2, -0.15) is 0 Å². The fourth-order valence-corrected chi connectivity index (χ4v) is 4.02. The van der Waals surface area contributed by atoms with Crippen molar-refractivity contribution in [2.45, 2.75) is 50.5 Å². The van der Waals surface area contributed by atoms with Gasteiger partial charge in [-0.05, 0) is 22.2 Å². The molecule has 5 atom stereocenters. The van der Waals surface area contributed by atoms with E-state index in [1.54, 1.807) is 0 Å². The maximum Gasteiger partial charge on any atom is 0.166 e. The zero-order valence-corrected chi connectivity index (χ0v) is 19.3. The van der Waals surface area contributed by atoms with Crippen molar-refractivity contribution in [3.8, 4) is 0 Å². The van der Waals surface area contributed by atoms with Gasteiger partial charge in [-0.3, -0.25) is 0 Å². The minimum atomic E-state index is -1.35. The van der Waals surface area contributed by atoms with Gasteiger partial charge in [0.1, 0.15) is 24.4 Å². The van der Waals surface area contributed by atoms with Crippen molar-refractivity contribution in [2.75, 3.05) is 6.61 Å². The van der Waals surface area contributed by atoms with E-state index in [0.717, 1.165) is 16.7 Å². The maximum atomic E-state index is 10.7. The number of azide groups is 1. The molecule has 0 spiro atoms. The molecule has 0 amide bonds. The lowest BCUT2D eigenvalue weighted by Gasteiger charge is -2.43. The molecule has 0 aromatic heterocycles. The normalized spacial score (nSPS) is 24.0. The molecule has 1 saturated heterocycles. The van der Waals surface area contributed by atoms with Crippen LogP contribution in [0.15, 0.2) is 96.1 Å². The maximum absolute atomic E-state index is 10.7. The highest BCUT2D eigenvalue weighted by Crippen LogP contribution is 2.29. The second-order valence-electron chi connectivity index (χ2n) is 8.28. The topological polar surface area (TPSA) is 106 Å². The Hall–Kier alpha value is -3.23. The first-order valence-electron chi connectivity index (χ1n) is 11.5. The Morgan fingerprint density at radius 3 is 1.74 bits per heavy atom. The van der Waals surface area contributed by atoms with Crippen molar-refractivity contribution >= 4 is 0 Å². The fraction of sp³-hybridized carbons (Fsp3) is 0.333. The molecule has 3 aromatic rings. The van der Waals surface area contributed by atoms with Crippen LogP contribution in [0.25, 0.3) is 10.4 Å². The van der Waals surface area contributed by atoms with E-state index in [-0.39, 0.29) is 13.2 Å². The van der Waals surface area contributed by atoms with Crippen LogP contribution in [-0.2, 0) is 38.8 Å². The molecule has 0 saturated carbocycles. The number of rotatable bonds is 11. The number of benzene rings is 3. The van der Waals surface area contributed by atoms with Crippen LogP contribution in [0.1, 0.15) is 16.7 Å². The molecular formula is C27H29N3O5. The monoisotopic (exact) mass is 475 g/mol. The van der Waals surface area contributed by atoms with Crippen molar-refractivity contribution in [1.82, 2.24) is 0 Å². The third-order valence-electron chi connectivity index (χ3n) is 5.78. The van der Waals surface area contributed by atoms with Gasteiger partial charge >= 0.3 is 0 Å². The summed E-state index contributed by atoms with van der Waals surface area (Å²) in [6, 6.07) is 28.2. The van der Waals surface area contributed by atoms with Crippen LogP contribution in [0.4, 0.5) is 0 Å². The van der Waals surface area contributed by atoms with Gasteiger partial charge in [-0.1, -0.05) is 96.1 Å². The molecule has 35 heavy (non-hydrogen) atoms. The first-order valence-corrected chi connectivity index (χ1v) is 11.5. The predicted octanol–water partition coefficient (Wildman–Crippen LogP) is 4.77. The fourth-order valence-electron chi connectivity index (χ4n) is 4.02. The van der Waals surface area contributed by atoms with E-state index >= 15 is 0 Å². The van der Waals surface area contributed by atoms with Gasteiger partial charge in [-0.25, -0.2) is 0 Å². The Morgan fingerprint density at radius 1 is 0.743 bits per heavy atom. The SMILES string of the molecule is [N-]=[N+]=NC1C(OCc2ccccc2)[C@H](OCc2ccccc2)C(COCc2ccccc2)O[C@H]1O. The number of aliphatic hydroxyl groups excluding tert-OH is 1. The molecule has 1 aliphatic heterocycles. The molecule has 0 radical (unpaired) electrons. The molecule has 1 heterocycles. The van der Waals surface area contributed by atoms with Crippen molar-refractivity contribution < 1.29 is 24.1 Å². The second kappa shape index (κ2) is 13.0. The van der Waals surface area contributed by atoms with Crippen LogP contribution in [-0.4, -0.2) is 42.4 Å². The minimum Gasteiger partial charge on any atom is -0.374 e. The number of aliphatic hydroxyl groups is 1. The third-order valence-corrected chi connectivity index (χ3v) is 5.78. The zero-order chi connectivity index (χ0) is 24.3. The number of hydrogen-bond donors (Lipinski definition) is 1. The van der Waals surface area contributed by atoms with E-state index in [1.807, 2.05) is 91.0 Å². The van der Waals surface area contributed by atoms with Crippen LogP contribution in [0.3, 0.4) is 0 Å². The van der Waals surface area contributed by atoms with Crippen molar-refractivity contribution in [1.29, 1.82) is 0 Å². The van der Waals surface area contributed by atoms with Crippen molar-refractivity contribution in [3.05, 3.63) is 118 Å². The van der Waals surface area contributed by atoms with Crippen LogP contribution < -0.4 is 0 Å². The Balaban J connectivity index is 1.52. The quantitative estimate of drug-likeness (QED) is 0.244. The zero-order valence-electron chi connectivity index (χ0n) is 19.3. The Labute approximate surface area is 204 Å². The van der Waals surface area contributed by atoms with Crippen LogP contribution in [0.2, 0.25) is 0 Å². The number of nitrogens with zero attached hydrogens (tertiary/aromatic N) is 3. The Morgan fingerprint density at radius 2 is 1.23 bits per heavy atom. The molecule has 3 unspecified atom stereocenters. The highest BCUT2D eigenvalue weighted by molar-refractivity contribution is 5.15. The molecule has 8 nitrogen and oxygen atoms in total. The van der Waals surface area contributed by atoms with Crippen LogP contribution in [0.5, 0.6) is 0 Å². The van der Waals surface area contributed by atoms with Crippen LogP contribution >= 0.6 is 0 Å². The first-order chi connectivity index (χ1) is 17.2. The second-order valence-corrected chi connectivity index (χ2v) is 8.28. The Bertz CT molecular complexity index is 1060. The van der Waals surface area contributed by atoms with E-state index < -0.39 is 30.6 Å². The van der Waals surface area contributed by atoms with Crippen molar-refractivity contribution in [2.24, 2.45) is 5.11 Å². The standard InChI is InChI=1S/C27H29N3O5/c28-30-29-24-26(34-18-22-14-8-3-9-15-22)25(33-17-21-12-6-2-7-13-21)23(35-27(24)31)19-32-16-20-10-4-1-5-11-20/h1-15,23-27,31H,16-19H2/t23?,24?,25-,26?,27-/m1/s1. The van der Waals surface area contributed by atoms with Crippen LogP contribution in [0, 0.1) is 0 Å². The lowest BCUT2D eigenvalue weighted by molar-refractivity contribution is -0.273. The van der Waals surface area contributed by atoms with Gasteiger partial charge in [0.15, 0.2) is 6.29 Å². The summed E-state index contributed by atoms with van der Waals surface area (Å²) in [4.78, 5) is 2.91. The van der Waals surface area contributed by atoms with E-state index in [9.17, 15) is 5.11 Å². The van der Waals surface area contributed by atoms with E-state index in [2.05, 4.69) is 10.0 Å². The first kappa shape index (κ1) is 24.9. The minimum absolute atomic E-state index is 0.166. The molecule has 182 valence electrons. The lowest BCUT2D eigenvalue weighted by Crippen LogP contribution is -2.59. The molecule has 0 bridgehead atoms. The highest BCUT2D eigenvalue weighted by Gasteiger charge is 2.46. The summed E-state index contributed by atoms with van der Waals surface area (Å²) < 4.78 is 24.3. The molecule has 1 fully saturated rings. The van der Waals surface area contributed by atoms with Gasteiger partial charge in [-0.15, -0.1) is 0 Å². The van der Waals surface area contributed by atoms with Gasteiger partial charge < -0.3 is 24.1 Å². The molecular weight excluding hydrogens is 446 g/mol. The Kier molecular flexibility index (Phi) is 9.25.